The predicted molar refractivity (Wildman–Crippen MR) is 108 cm³/mol. The number of aryl methyl sites for hydroxylation is 1. The Labute approximate surface area is 171 Å². The van der Waals surface area contributed by atoms with Crippen molar-refractivity contribution in [1.29, 1.82) is 0 Å². The van der Waals surface area contributed by atoms with Gasteiger partial charge in [-0.15, -0.1) is 5.10 Å². The molecule has 1 aliphatic heterocycles. The first-order chi connectivity index (χ1) is 13.9. The van der Waals surface area contributed by atoms with Gasteiger partial charge >= 0.3 is 5.97 Å². The summed E-state index contributed by atoms with van der Waals surface area (Å²) in [6.07, 6.45) is 0.943. The molecule has 5 rings (SSSR count). The van der Waals surface area contributed by atoms with Crippen LogP contribution in [0.15, 0.2) is 48.5 Å². The van der Waals surface area contributed by atoms with Gasteiger partial charge in [0.05, 0.1) is 22.4 Å². The van der Waals surface area contributed by atoms with Crippen LogP contribution in [-0.4, -0.2) is 27.2 Å². The molecule has 7 heteroatoms. The van der Waals surface area contributed by atoms with Gasteiger partial charge in [-0.2, -0.15) is 5.10 Å². The summed E-state index contributed by atoms with van der Waals surface area (Å²) in [6.45, 7) is 1.84. The average molecular weight is 406 g/mol. The summed E-state index contributed by atoms with van der Waals surface area (Å²) in [5.74, 6) is -0.626. The Bertz CT molecular complexity index is 1190. The molecule has 2 aromatic carbocycles. The Kier molecular flexibility index (Phi) is 3.76. The molecule has 6 nitrogen and oxygen atoms in total. The van der Waals surface area contributed by atoms with Gasteiger partial charge in [-0.1, -0.05) is 23.7 Å². The van der Waals surface area contributed by atoms with E-state index < -0.39 is 11.4 Å². The minimum Gasteiger partial charge on any atom is -0.478 e. The molecular weight excluding hydrogens is 390 g/mol. The molecule has 0 saturated heterocycles. The van der Waals surface area contributed by atoms with Crippen molar-refractivity contribution in [2.45, 2.75) is 25.2 Å². The molecule has 1 spiro atoms. The van der Waals surface area contributed by atoms with Crippen LogP contribution in [0.1, 0.15) is 32.7 Å². The molecule has 1 aromatic heterocycles. The van der Waals surface area contributed by atoms with E-state index >= 15 is 0 Å². The number of amides is 1. The SMILES string of the molecule is Cc1ccc(N2C(=O)C3(Cc4ccc(C(=O)O)cc4C3)c3ccc(Cl)cc32)nn1. The van der Waals surface area contributed by atoms with E-state index in [1.807, 2.05) is 25.1 Å². The number of carbonyl (C=O) groups is 2. The van der Waals surface area contributed by atoms with Crippen molar-refractivity contribution >= 4 is 35.0 Å². The Hall–Kier alpha value is -3.25. The number of carbonyl (C=O) groups excluding carboxylic acids is 1. The van der Waals surface area contributed by atoms with Crippen LogP contribution in [0.4, 0.5) is 11.5 Å². The van der Waals surface area contributed by atoms with Crippen LogP contribution >= 0.6 is 11.6 Å². The molecule has 0 bridgehead atoms. The van der Waals surface area contributed by atoms with Crippen molar-refractivity contribution in [3.05, 3.63) is 81.5 Å². The summed E-state index contributed by atoms with van der Waals surface area (Å²) in [4.78, 5) is 26.7. The molecule has 0 radical (unpaired) electrons. The molecule has 1 N–H and O–H groups in total. The van der Waals surface area contributed by atoms with E-state index in [4.69, 9.17) is 11.6 Å². The van der Waals surface area contributed by atoms with Gasteiger partial charge in [0.1, 0.15) is 0 Å². The summed E-state index contributed by atoms with van der Waals surface area (Å²) < 4.78 is 0. The lowest BCUT2D eigenvalue weighted by Crippen LogP contribution is -2.39. The highest BCUT2D eigenvalue weighted by atomic mass is 35.5. The van der Waals surface area contributed by atoms with Gasteiger partial charge in [0.25, 0.3) is 0 Å². The summed E-state index contributed by atoms with van der Waals surface area (Å²) >= 11 is 6.25. The van der Waals surface area contributed by atoms with Crippen molar-refractivity contribution < 1.29 is 14.7 Å². The second-order valence-electron chi connectivity index (χ2n) is 7.56. The molecule has 1 amide bonds. The lowest BCUT2D eigenvalue weighted by molar-refractivity contribution is -0.122. The molecule has 29 heavy (non-hydrogen) atoms. The number of halogens is 1. The third-order valence-corrected chi connectivity index (χ3v) is 6.01. The number of carboxylic acids is 1. The standard InChI is InChI=1S/C22H16ClN3O3/c1-12-2-7-19(25-24-12)26-18-9-16(23)5-6-17(18)22(21(26)29)10-14-4-3-13(20(27)28)8-15(14)11-22/h2-9H,10-11H2,1H3,(H,27,28). The van der Waals surface area contributed by atoms with Gasteiger partial charge in [0.15, 0.2) is 5.82 Å². The van der Waals surface area contributed by atoms with Crippen LogP contribution in [0.3, 0.4) is 0 Å². The fourth-order valence-corrected chi connectivity index (χ4v) is 4.59. The van der Waals surface area contributed by atoms with Gasteiger partial charge in [0, 0.05) is 5.02 Å². The van der Waals surface area contributed by atoms with Gasteiger partial charge < -0.3 is 5.11 Å². The van der Waals surface area contributed by atoms with Crippen molar-refractivity contribution in [2.24, 2.45) is 0 Å². The van der Waals surface area contributed by atoms with E-state index in [1.54, 1.807) is 35.2 Å². The minimum atomic E-state index is -0.977. The van der Waals surface area contributed by atoms with Gasteiger partial charge in [-0.25, -0.2) is 4.79 Å². The van der Waals surface area contributed by atoms with E-state index in [9.17, 15) is 14.7 Å². The molecule has 0 saturated carbocycles. The zero-order valence-electron chi connectivity index (χ0n) is 15.5. The predicted octanol–water partition coefficient (Wildman–Crippen LogP) is 3.85. The van der Waals surface area contributed by atoms with Crippen LogP contribution in [-0.2, 0) is 23.1 Å². The highest BCUT2D eigenvalue weighted by Gasteiger charge is 2.54. The molecule has 1 atom stereocenters. The van der Waals surface area contributed by atoms with E-state index in [0.29, 0.717) is 29.4 Å². The number of nitrogens with zero attached hydrogens (tertiary/aromatic N) is 3. The van der Waals surface area contributed by atoms with Gasteiger partial charge in [-0.3, -0.25) is 9.69 Å². The smallest absolute Gasteiger partial charge is 0.335 e. The molecule has 1 unspecified atom stereocenters. The second-order valence-corrected chi connectivity index (χ2v) is 8.00. The number of hydrogen-bond acceptors (Lipinski definition) is 4. The fraction of sp³-hybridized carbons (Fsp3) is 0.182. The maximum Gasteiger partial charge on any atom is 0.335 e. The van der Waals surface area contributed by atoms with Gasteiger partial charge in [-0.05, 0) is 72.9 Å². The number of aromatic carboxylic acids is 1. The van der Waals surface area contributed by atoms with Crippen LogP contribution in [0.25, 0.3) is 0 Å². The topological polar surface area (TPSA) is 83.4 Å². The van der Waals surface area contributed by atoms with E-state index in [-0.39, 0.29) is 11.5 Å². The van der Waals surface area contributed by atoms with Crippen LogP contribution in [0.2, 0.25) is 5.02 Å². The van der Waals surface area contributed by atoms with Crippen molar-refractivity contribution in [3.63, 3.8) is 0 Å². The number of anilines is 2. The molecule has 1 aliphatic carbocycles. The third-order valence-electron chi connectivity index (χ3n) is 5.78. The lowest BCUT2D eigenvalue weighted by atomic mass is 9.79. The zero-order valence-corrected chi connectivity index (χ0v) is 16.3. The summed E-state index contributed by atoms with van der Waals surface area (Å²) in [7, 11) is 0. The van der Waals surface area contributed by atoms with Crippen molar-refractivity contribution in [2.75, 3.05) is 4.90 Å². The average Bonchev–Trinajstić information content (AvgIpc) is 3.18. The van der Waals surface area contributed by atoms with Crippen molar-refractivity contribution in [3.8, 4) is 0 Å². The monoisotopic (exact) mass is 405 g/mol. The van der Waals surface area contributed by atoms with Crippen molar-refractivity contribution in [1.82, 2.24) is 10.2 Å². The maximum atomic E-state index is 13.8. The largest absolute Gasteiger partial charge is 0.478 e. The first-order valence-electron chi connectivity index (χ1n) is 9.19. The summed E-state index contributed by atoms with van der Waals surface area (Å²) in [6, 6.07) is 14.1. The molecule has 3 aromatic rings. The Morgan fingerprint density at radius 3 is 2.59 bits per heavy atom. The zero-order chi connectivity index (χ0) is 20.3. The summed E-state index contributed by atoms with van der Waals surface area (Å²) in [5.41, 5.74) is 3.64. The number of fused-ring (bicyclic) bond motifs is 3. The molecule has 0 fully saturated rings. The normalized spacial score (nSPS) is 19.5. The lowest BCUT2D eigenvalue weighted by Gasteiger charge is -2.23. The van der Waals surface area contributed by atoms with E-state index in [0.717, 1.165) is 22.4 Å². The van der Waals surface area contributed by atoms with Crippen LogP contribution in [0.5, 0.6) is 0 Å². The first-order valence-corrected chi connectivity index (χ1v) is 9.57. The van der Waals surface area contributed by atoms with E-state index in [2.05, 4.69) is 10.2 Å². The Morgan fingerprint density at radius 2 is 1.86 bits per heavy atom. The Morgan fingerprint density at radius 1 is 1.07 bits per heavy atom. The number of hydrogen-bond donors (Lipinski definition) is 1. The van der Waals surface area contributed by atoms with Crippen LogP contribution < -0.4 is 4.90 Å². The van der Waals surface area contributed by atoms with Crippen LogP contribution in [0, 0.1) is 6.92 Å². The maximum absolute atomic E-state index is 13.8. The molecular formula is C22H16ClN3O3. The highest BCUT2D eigenvalue weighted by Crippen LogP contribution is 2.52. The fourth-order valence-electron chi connectivity index (χ4n) is 4.42. The second kappa shape index (κ2) is 6.12. The Balaban J connectivity index is 1.66. The first kappa shape index (κ1) is 17.8. The number of rotatable bonds is 2. The number of aromatic nitrogens is 2. The molecule has 2 aliphatic rings. The molecule has 2 heterocycles. The van der Waals surface area contributed by atoms with Gasteiger partial charge in [0.2, 0.25) is 5.91 Å². The summed E-state index contributed by atoms with van der Waals surface area (Å²) in [5, 5.41) is 18.2. The number of carboxylic acid groups (broad SMARTS) is 1. The minimum absolute atomic E-state index is 0.0963. The quantitative estimate of drug-likeness (QED) is 0.700. The molecule has 144 valence electrons. The number of benzene rings is 2. The third kappa shape index (κ3) is 2.56. The van der Waals surface area contributed by atoms with E-state index in [1.165, 1.54) is 0 Å². The highest BCUT2D eigenvalue weighted by molar-refractivity contribution is 6.31.